The van der Waals surface area contributed by atoms with E-state index in [0.29, 0.717) is 39.3 Å². The van der Waals surface area contributed by atoms with E-state index < -0.39 is 5.60 Å². The Morgan fingerprint density at radius 1 is 0.638 bits per heavy atom. The number of amides is 2. The van der Waals surface area contributed by atoms with E-state index in [0.717, 1.165) is 19.3 Å². The second-order valence-corrected chi connectivity index (χ2v) is 15.3. The van der Waals surface area contributed by atoms with Crippen LogP contribution in [0.1, 0.15) is 178 Å². The standard InChI is InChI=1S/C30H61N3O4.C8H16O2/c1-8-10-11-12-13-14-15-16-17-18-19-20-21-22-27(34)31-24-29(3,4)25-36-30(5,6)23-28(35)32-26-33(7)37-9-2;1-5-6-7(9)10-8(2,3)4/h8-26H2,1-7H3,(H,31,34)(H,32,35);5-6H2,1-4H3. The number of esters is 1. The van der Waals surface area contributed by atoms with Crippen LogP contribution in [-0.4, -0.2) is 67.5 Å². The van der Waals surface area contributed by atoms with Gasteiger partial charge in [-0.3, -0.25) is 19.2 Å². The second-order valence-electron chi connectivity index (χ2n) is 15.3. The summed E-state index contributed by atoms with van der Waals surface area (Å²) < 4.78 is 11.1. The Morgan fingerprint density at radius 2 is 1.15 bits per heavy atom. The van der Waals surface area contributed by atoms with Crippen LogP contribution in [0.15, 0.2) is 0 Å². The summed E-state index contributed by atoms with van der Waals surface area (Å²) in [5.74, 6) is -0.0660. The maximum Gasteiger partial charge on any atom is 0.306 e. The van der Waals surface area contributed by atoms with Crippen molar-refractivity contribution in [3.63, 3.8) is 0 Å². The third-order valence-corrected chi connectivity index (χ3v) is 7.43. The predicted octanol–water partition coefficient (Wildman–Crippen LogP) is 8.88. The first-order valence-corrected chi connectivity index (χ1v) is 18.7. The number of nitrogens with zero attached hydrogens (tertiary/aromatic N) is 1. The van der Waals surface area contributed by atoms with Gasteiger partial charge in [0, 0.05) is 31.8 Å². The fourth-order valence-corrected chi connectivity index (χ4v) is 4.73. The van der Waals surface area contributed by atoms with Gasteiger partial charge in [0.25, 0.3) is 0 Å². The molecule has 280 valence electrons. The molecule has 0 aliphatic heterocycles. The maximum atomic E-state index is 12.3. The minimum atomic E-state index is -0.593. The molecule has 0 unspecified atom stereocenters. The number of hydrogen-bond donors (Lipinski definition) is 2. The van der Waals surface area contributed by atoms with Crippen LogP contribution in [0, 0.1) is 5.41 Å². The molecule has 0 aliphatic rings. The number of carbonyl (C=O) groups is 3. The highest BCUT2D eigenvalue weighted by molar-refractivity contribution is 5.77. The van der Waals surface area contributed by atoms with Gasteiger partial charge in [-0.2, -0.15) is 5.06 Å². The molecule has 2 amide bonds. The van der Waals surface area contributed by atoms with E-state index in [4.69, 9.17) is 14.3 Å². The highest BCUT2D eigenvalue weighted by Gasteiger charge is 2.27. The van der Waals surface area contributed by atoms with Crippen molar-refractivity contribution in [1.82, 2.24) is 15.7 Å². The van der Waals surface area contributed by atoms with Crippen molar-refractivity contribution in [3.8, 4) is 0 Å². The largest absolute Gasteiger partial charge is 0.460 e. The van der Waals surface area contributed by atoms with E-state index in [1.54, 1.807) is 12.1 Å². The van der Waals surface area contributed by atoms with Crippen LogP contribution in [0.3, 0.4) is 0 Å². The molecule has 0 aromatic rings. The first-order chi connectivity index (χ1) is 22.0. The predicted molar refractivity (Wildman–Crippen MR) is 195 cm³/mol. The summed E-state index contributed by atoms with van der Waals surface area (Å²) in [6, 6.07) is 0. The summed E-state index contributed by atoms with van der Waals surface area (Å²) in [5, 5.41) is 7.50. The number of hydrogen-bond acceptors (Lipinski definition) is 7. The van der Waals surface area contributed by atoms with Crippen LogP contribution in [0.5, 0.6) is 0 Å². The Bertz CT molecular complexity index is 795. The molecular weight excluding hydrogens is 594 g/mol. The fraction of sp³-hybridized carbons (Fsp3) is 0.921. The molecular formula is C38H77N3O6. The molecule has 9 heteroatoms. The van der Waals surface area contributed by atoms with Gasteiger partial charge in [0.1, 0.15) is 5.60 Å². The Balaban J connectivity index is 0. The molecule has 0 bridgehead atoms. The zero-order valence-corrected chi connectivity index (χ0v) is 32.7. The number of nitrogens with one attached hydrogen (secondary N) is 2. The molecule has 0 aromatic carbocycles. The van der Waals surface area contributed by atoms with Crippen molar-refractivity contribution in [1.29, 1.82) is 0 Å². The monoisotopic (exact) mass is 672 g/mol. The SMILES string of the molecule is CCCC(=O)OC(C)(C)C.CCCCCCCCCCCCCCCC(=O)NCC(C)(C)COC(C)(C)CC(=O)NCN(C)OCC. The zero-order valence-electron chi connectivity index (χ0n) is 32.7. The Kier molecular flexibility index (Phi) is 28.4. The van der Waals surface area contributed by atoms with Crippen LogP contribution in [-0.2, 0) is 28.7 Å². The van der Waals surface area contributed by atoms with Crippen LogP contribution in [0.4, 0.5) is 0 Å². The van der Waals surface area contributed by atoms with Gasteiger partial charge in [-0.25, -0.2) is 0 Å². The lowest BCUT2D eigenvalue weighted by atomic mass is 9.93. The average molecular weight is 672 g/mol. The van der Waals surface area contributed by atoms with E-state index in [-0.39, 0.29) is 35.2 Å². The van der Waals surface area contributed by atoms with Crippen molar-refractivity contribution >= 4 is 17.8 Å². The van der Waals surface area contributed by atoms with Gasteiger partial charge >= 0.3 is 5.97 Å². The zero-order chi connectivity index (χ0) is 36.2. The molecule has 0 radical (unpaired) electrons. The minimum Gasteiger partial charge on any atom is -0.460 e. The molecule has 0 aromatic heterocycles. The highest BCUT2D eigenvalue weighted by atomic mass is 16.7. The fourth-order valence-electron chi connectivity index (χ4n) is 4.73. The van der Waals surface area contributed by atoms with Crippen molar-refractivity contribution in [3.05, 3.63) is 0 Å². The number of unbranched alkanes of at least 4 members (excludes halogenated alkanes) is 12. The minimum absolute atomic E-state index is 0.0829. The van der Waals surface area contributed by atoms with Crippen molar-refractivity contribution in [2.45, 2.75) is 190 Å². The molecule has 0 rings (SSSR count). The molecule has 2 N–H and O–H groups in total. The van der Waals surface area contributed by atoms with Gasteiger partial charge in [-0.1, -0.05) is 105 Å². The van der Waals surface area contributed by atoms with Crippen LogP contribution in [0.25, 0.3) is 0 Å². The van der Waals surface area contributed by atoms with Gasteiger partial charge in [0.05, 0.1) is 31.9 Å². The Morgan fingerprint density at radius 3 is 1.62 bits per heavy atom. The van der Waals surface area contributed by atoms with Crippen LogP contribution >= 0.6 is 0 Å². The number of rotatable bonds is 27. The highest BCUT2D eigenvalue weighted by Crippen LogP contribution is 2.22. The molecule has 0 atom stereocenters. The number of ether oxygens (including phenoxy) is 2. The van der Waals surface area contributed by atoms with E-state index >= 15 is 0 Å². The third kappa shape index (κ3) is 35.4. The molecule has 0 spiro atoms. The van der Waals surface area contributed by atoms with Crippen molar-refractivity contribution < 1.29 is 28.7 Å². The average Bonchev–Trinajstić information content (AvgIpc) is 2.96. The third-order valence-electron chi connectivity index (χ3n) is 7.43. The lowest BCUT2D eigenvalue weighted by molar-refractivity contribution is -0.154. The first kappa shape index (κ1) is 47.4. The molecule has 0 saturated carbocycles. The normalized spacial score (nSPS) is 12.0. The molecule has 0 heterocycles. The summed E-state index contributed by atoms with van der Waals surface area (Å²) in [6.45, 7) is 21.7. The lowest BCUT2D eigenvalue weighted by Gasteiger charge is -2.32. The van der Waals surface area contributed by atoms with E-state index in [2.05, 4.69) is 31.4 Å². The molecule has 9 nitrogen and oxygen atoms in total. The quantitative estimate of drug-likeness (QED) is 0.0389. The number of hydroxylamine groups is 2. The first-order valence-electron chi connectivity index (χ1n) is 18.7. The Hall–Kier alpha value is -1.71. The van der Waals surface area contributed by atoms with Crippen molar-refractivity contribution in [2.24, 2.45) is 5.41 Å². The summed E-state index contributed by atoms with van der Waals surface area (Å²) in [6.07, 6.45) is 19.2. The van der Waals surface area contributed by atoms with Gasteiger partial charge in [0.15, 0.2) is 0 Å². The second kappa shape index (κ2) is 28.2. The van der Waals surface area contributed by atoms with E-state index in [1.807, 2.05) is 48.5 Å². The smallest absolute Gasteiger partial charge is 0.306 e. The summed E-state index contributed by atoms with van der Waals surface area (Å²) in [5.41, 5.74) is -1.13. The van der Waals surface area contributed by atoms with Gasteiger partial charge in [-0.05, 0) is 54.4 Å². The molecule has 0 saturated heterocycles. The van der Waals surface area contributed by atoms with Crippen LogP contribution in [0.2, 0.25) is 0 Å². The summed E-state index contributed by atoms with van der Waals surface area (Å²) in [7, 11) is 1.78. The topological polar surface area (TPSA) is 106 Å². The van der Waals surface area contributed by atoms with E-state index in [1.165, 1.54) is 70.6 Å². The number of carbonyl (C=O) groups excluding carboxylic acids is 3. The van der Waals surface area contributed by atoms with Gasteiger partial charge < -0.3 is 20.1 Å². The molecule has 0 fully saturated rings. The van der Waals surface area contributed by atoms with Gasteiger partial charge in [-0.15, -0.1) is 0 Å². The summed E-state index contributed by atoms with van der Waals surface area (Å²) >= 11 is 0. The maximum absolute atomic E-state index is 12.3. The van der Waals surface area contributed by atoms with Gasteiger partial charge in [0.2, 0.25) is 11.8 Å². The Labute approximate surface area is 290 Å². The van der Waals surface area contributed by atoms with Crippen LogP contribution < -0.4 is 10.6 Å². The van der Waals surface area contributed by atoms with E-state index in [9.17, 15) is 14.4 Å². The molecule has 0 aliphatic carbocycles. The molecule has 47 heavy (non-hydrogen) atoms. The van der Waals surface area contributed by atoms with Crippen molar-refractivity contribution in [2.75, 3.05) is 33.5 Å². The lowest BCUT2D eigenvalue weighted by Crippen LogP contribution is -2.42. The summed E-state index contributed by atoms with van der Waals surface area (Å²) in [4.78, 5) is 40.7.